The Morgan fingerprint density at radius 3 is 2.84 bits per heavy atom. The molecule has 1 aromatic rings. The molecule has 2 rings (SSSR count). The summed E-state index contributed by atoms with van der Waals surface area (Å²) < 4.78 is 1.97. The lowest BCUT2D eigenvalue weighted by Gasteiger charge is -2.35. The van der Waals surface area contributed by atoms with Gasteiger partial charge < -0.3 is 0 Å². The molecule has 1 fully saturated rings. The molecular formula is C13H24N4S2. The fourth-order valence-corrected chi connectivity index (χ4v) is 5.91. The van der Waals surface area contributed by atoms with E-state index in [0.29, 0.717) is 16.5 Å². The first kappa shape index (κ1) is 15.2. The van der Waals surface area contributed by atoms with Crippen molar-refractivity contribution in [2.24, 2.45) is 12.9 Å². The van der Waals surface area contributed by atoms with E-state index in [1.165, 1.54) is 23.6 Å². The van der Waals surface area contributed by atoms with E-state index in [2.05, 4.69) is 47.0 Å². The largest absolute Gasteiger partial charge is 0.272 e. The van der Waals surface area contributed by atoms with Crippen molar-refractivity contribution in [2.45, 2.75) is 43.2 Å². The number of aromatic nitrogens is 2. The third-order valence-corrected chi connectivity index (χ3v) is 7.04. The molecule has 6 heteroatoms. The Morgan fingerprint density at radius 2 is 2.26 bits per heavy atom. The average molecular weight is 300 g/mol. The predicted octanol–water partition coefficient (Wildman–Crippen LogP) is 1.73. The fraction of sp³-hybridized carbons (Fsp3) is 0.769. The third-order valence-electron chi connectivity index (χ3n) is 3.63. The summed E-state index contributed by atoms with van der Waals surface area (Å²) in [5, 5.41) is 5.71. The molecule has 3 atom stereocenters. The van der Waals surface area contributed by atoms with Gasteiger partial charge >= 0.3 is 0 Å². The Morgan fingerprint density at radius 1 is 1.53 bits per heavy atom. The second-order valence-electron chi connectivity index (χ2n) is 5.03. The van der Waals surface area contributed by atoms with Crippen LogP contribution in [0.1, 0.15) is 24.7 Å². The van der Waals surface area contributed by atoms with Crippen molar-refractivity contribution in [3.63, 3.8) is 0 Å². The molecule has 1 aromatic heterocycles. The summed E-state index contributed by atoms with van der Waals surface area (Å²) in [5.41, 5.74) is 5.38. The van der Waals surface area contributed by atoms with Gasteiger partial charge in [0.1, 0.15) is 0 Å². The standard InChI is InChI=1S/C13H24N4S2/c1-4-12-13(19-6-5-18-12)11(15-14)8-10-7-9(2)16-17(10)3/h7,11-13,15H,4-6,8,14H2,1-3H3. The lowest BCUT2D eigenvalue weighted by atomic mass is 10.0. The summed E-state index contributed by atoms with van der Waals surface area (Å²) in [6.45, 7) is 4.31. The van der Waals surface area contributed by atoms with Crippen LogP contribution in [0.25, 0.3) is 0 Å². The third kappa shape index (κ3) is 3.68. The first-order valence-electron chi connectivity index (χ1n) is 6.84. The molecule has 1 aliphatic rings. The average Bonchev–Trinajstić information content (AvgIpc) is 2.74. The van der Waals surface area contributed by atoms with Crippen molar-refractivity contribution < 1.29 is 0 Å². The Bertz CT molecular complexity index is 407. The van der Waals surface area contributed by atoms with Crippen LogP contribution in [0.4, 0.5) is 0 Å². The maximum atomic E-state index is 5.82. The number of thioether (sulfide) groups is 2. The molecule has 0 saturated carbocycles. The Hall–Kier alpha value is -0.170. The zero-order valence-corrected chi connectivity index (χ0v) is 13.6. The second-order valence-corrected chi connectivity index (χ2v) is 7.66. The normalized spacial score (nSPS) is 25.5. The zero-order valence-electron chi connectivity index (χ0n) is 11.9. The minimum absolute atomic E-state index is 0.317. The van der Waals surface area contributed by atoms with E-state index in [1.54, 1.807) is 0 Å². The van der Waals surface area contributed by atoms with Gasteiger partial charge in [0.15, 0.2) is 0 Å². The molecule has 1 aliphatic heterocycles. The van der Waals surface area contributed by atoms with Crippen molar-refractivity contribution in [2.75, 3.05) is 11.5 Å². The van der Waals surface area contributed by atoms with Gasteiger partial charge in [-0.25, -0.2) is 0 Å². The molecule has 0 aromatic carbocycles. The van der Waals surface area contributed by atoms with Gasteiger partial charge in [-0.3, -0.25) is 16.0 Å². The van der Waals surface area contributed by atoms with Crippen LogP contribution >= 0.6 is 23.5 Å². The van der Waals surface area contributed by atoms with Crippen molar-refractivity contribution in [1.82, 2.24) is 15.2 Å². The number of aryl methyl sites for hydroxylation is 2. The molecule has 0 amide bonds. The number of hydrogen-bond donors (Lipinski definition) is 2. The molecule has 3 unspecified atom stereocenters. The molecule has 0 radical (unpaired) electrons. The highest BCUT2D eigenvalue weighted by Gasteiger charge is 2.32. The lowest BCUT2D eigenvalue weighted by Crippen LogP contribution is -2.49. The van der Waals surface area contributed by atoms with Gasteiger partial charge in [0, 0.05) is 47.2 Å². The van der Waals surface area contributed by atoms with Gasteiger partial charge in [0.2, 0.25) is 0 Å². The number of nitrogens with two attached hydrogens (primary N) is 1. The van der Waals surface area contributed by atoms with Gasteiger partial charge in [-0.15, -0.1) is 0 Å². The van der Waals surface area contributed by atoms with E-state index in [9.17, 15) is 0 Å². The van der Waals surface area contributed by atoms with E-state index < -0.39 is 0 Å². The molecule has 4 nitrogen and oxygen atoms in total. The van der Waals surface area contributed by atoms with E-state index in [0.717, 1.165) is 12.1 Å². The van der Waals surface area contributed by atoms with Crippen LogP contribution in [0, 0.1) is 6.92 Å². The van der Waals surface area contributed by atoms with Gasteiger partial charge in [-0.05, 0) is 19.4 Å². The first-order valence-corrected chi connectivity index (χ1v) is 8.94. The smallest absolute Gasteiger partial charge is 0.0596 e. The summed E-state index contributed by atoms with van der Waals surface area (Å²) in [6.07, 6.45) is 2.16. The Kier molecular flexibility index (Phi) is 5.62. The van der Waals surface area contributed by atoms with Crippen molar-refractivity contribution in [3.05, 3.63) is 17.5 Å². The summed E-state index contributed by atoms with van der Waals surface area (Å²) in [6, 6.07) is 2.48. The molecule has 3 N–H and O–H groups in total. The SMILES string of the molecule is CCC1SCCSC1C(Cc1cc(C)nn1C)NN. The van der Waals surface area contributed by atoms with E-state index in [1.807, 2.05) is 18.7 Å². The monoisotopic (exact) mass is 300 g/mol. The Balaban J connectivity index is 2.08. The quantitative estimate of drug-likeness (QED) is 0.641. The van der Waals surface area contributed by atoms with Gasteiger partial charge in [-0.2, -0.15) is 28.6 Å². The molecule has 0 spiro atoms. The molecule has 0 aliphatic carbocycles. The van der Waals surface area contributed by atoms with E-state index in [-0.39, 0.29) is 0 Å². The minimum Gasteiger partial charge on any atom is -0.272 e. The summed E-state index contributed by atoms with van der Waals surface area (Å²) in [5.74, 6) is 8.32. The highest BCUT2D eigenvalue weighted by molar-refractivity contribution is 8.07. The molecule has 19 heavy (non-hydrogen) atoms. The minimum atomic E-state index is 0.317. The van der Waals surface area contributed by atoms with Crippen LogP contribution in [-0.2, 0) is 13.5 Å². The number of nitrogens with zero attached hydrogens (tertiary/aromatic N) is 2. The lowest BCUT2D eigenvalue weighted by molar-refractivity contribution is 0.477. The molecule has 0 bridgehead atoms. The summed E-state index contributed by atoms with van der Waals surface area (Å²) in [7, 11) is 2.01. The predicted molar refractivity (Wildman–Crippen MR) is 85.5 cm³/mol. The van der Waals surface area contributed by atoms with Gasteiger partial charge in [0.05, 0.1) is 5.69 Å². The highest BCUT2D eigenvalue weighted by Crippen LogP contribution is 2.35. The maximum absolute atomic E-state index is 5.82. The topological polar surface area (TPSA) is 55.9 Å². The number of hydrogen-bond acceptors (Lipinski definition) is 5. The van der Waals surface area contributed by atoms with Crippen LogP contribution in [-0.4, -0.2) is 37.8 Å². The van der Waals surface area contributed by atoms with E-state index >= 15 is 0 Å². The molecule has 108 valence electrons. The Labute approximate surface area is 124 Å². The second kappa shape index (κ2) is 7.02. The number of nitrogens with one attached hydrogen (secondary N) is 1. The zero-order chi connectivity index (χ0) is 13.8. The van der Waals surface area contributed by atoms with E-state index in [4.69, 9.17) is 5.84 Å². The molecule has 2 heterocycles. The van der Waals surface area contributed by atoms with Crippen molar-refractivity contribution >= 4 is 23.5 Å². The summed E-state index contributed by atoms with van der Waals surface area (Å²) >= 11 is 4.16. The van der Waals surface area contributed by atoms with Crippen LogP contribution in [0.5, 0.6) is 0 Å². The number of hydrazine groups is 1. The molecular weight excluding hydrogens is 276 g/mol. The van der Waals surface area contributed by atoms with Crippen molar-refractivity contribution in [3.8, 4) is 0 Å². The van der Waals surface area contributed by atoms with Crippen LogP contribution < -0.4 is 11.3 Å². The maximum Gasteiger partial charge on any atom is 0.0596 e. The van der Waals surface area contributed by atoms with Crippen LogP contribution in [0.3, 0.4) is 0 Å². The first-order chi connectivity index (χ1) is 9.15. The fourth-order valence-electron chi connectivity index (χ4n) is 2.66. The molecule has 1 saturated heterocycles. The highest BCUT2D eigenvalue weighted by atomic mass is 32.2. The van der Waals surface area contributed by atoms with Gasteiger partial charge in [-0.1, -0.05) is 6.92 Å². The van der Waals surface area contributed by atoms with Crippen LogP contribution in [0.15, 0.2) is 6.07 Å². The number of rotatable bonds is 5. The van der Waals surface area contributed by atoms with Crippen molar-refractivity contribution in [1.29, 1.82) is 0 Å². The van der Waals surface area contributed by atoms with Crippen LogP contribution in [0.2, 0.25) is 0 Å². The van der Waals surface area contributed by atoms with Gasteiger partial charge in [0.25, 0.3) is 0 Å². The summed E-state index contributed by atoms with van der Waals surface area (Å²) in [4.78, 5) is 0.